The molecule has 1 fully saturated rings. The van der Waals surface area contributed by atoms with Crippen molar-refractivity contribution in [2.45, 2.75) is 50.3 Å². The van der Waals surface area contributed by atoms with Gasteiger partial charge in [0.25, 0.3) is 5.56 Å². The lowest BCUT2D eigenvalue weighted by molar-refractivity contribution is -0.144. The first-order valence-electron chi connectivity index (χ1n) is 10.1. The largest absolute Gasteiger partial charge is 0.431 e. The molecule has 0 unspecified atom stereocenters. The number of fused-ring (bicyclic) bond motifs is 1. The number of hydrogen-bond donors (Lipinski definition) is 1. The normalized spacial score (nSPS) is 14.8. The van der Waals surface area contributed by atoms with Crippen LogP contribution in [-0.4, -0.2) is 39.3 Å². The zero-order chi connectivity index (χ0) is 23.4. The van der Waals surface area contributed by atoms with Gasteiger partial charge in [0.1, 0.15) is 16.9 Å². The number of nitrogens with one attached hydrogen (secondary N) is 1. The minimum atomic E-state index is -4.74. The highest BCUT2D eigenvalue weighted by Crippen LogP contribution is 2.34. The van der Waals surface area contributed by atoms with Crippen LogP contribution in [0, 0.1) is 0 Å². The fourth-order valence-corrected chi connectivity index (χ4v) is 4.68. The molecule has 3 heterocycles. The molecule has 32 heavy (non-hydrogen) atoms. The third-order valence-corrected chi connectivity index (χ3v) is 7.21. The van der Waals surface area contributed by atoms with Crippen molar-refractivity contribution in [1.82, 2.24) is 19.1 Å². The van der Waals surface area contributed by atoms with Crippen molar-refractivity contribution >= 4 is 26.6 Å². The number of anilines is 1. The third kappa shape index (κ3) is 3.76. The van der Waals surface area contributed by atoms with Crippen molar-refractivity contribution in [1.29, 1.82) is 0 Å². The van der Waals surface area contributed by atoms with E-state index in [1.165, 1.54) is 37.7 Å². The molecule has 172 valence electrons. The van der Waals surface area contributed by atoms with Gasteiger partial charge in [0.15, 0.2) is 15.7 Å². The Hall–Kier alpha value is -2.89. The van der Waals surface area contributed by atoms with Gasteiger partial charge in [-0.2, -0.15) is 13.2 Å². The smallest absolute Gasteiger partial charge is 0.381 e. The van der Waals surface area contributed by atoms with Gasteiger partial charge in [-0.15, -0.1) is 0 Å². The molecule has 0 atom stereocenters. The zero-order valence-corrected chi connectivity index (χ0v) is 18.5. The van der Waals surface area contributed by atoms with E-state index in [0.717, 1.165) is 18.9 Å². The van der Waals surface area contributed by atoms with Gasteiger partial charge in [-0.3, -0.25) is 4.79 Å². The van der Waals surface area contributed by atoms with E-state index < -0.39 is 27.3 Å². The molecule has 0 aromatic carbocycles. The molecule has 1 aliphatic carbocycles. The van der Waals surface area contributed by atoms with Crippen LogP contribution < -0.4 is 10.9 Å². The number of imidazole rings is 1. The van der Waals surface area contributed by atoms with Crippen LogP contribution in [0.4, 0.5) is 18.9 Å². The number of halogens is 3. The Morgan fingerprint density at radius 2 is 1.91 bits per heavy atom. The molecule has 3 aromatic heterocycles. The van der Waals surface area contributed by atoms with Gasteiger partial charge in [0, 0.05) is 19.6 Å². The first kappa shape index (κ1) is 22.3. The van der Waals surface area contributed by atoms with Gasteiger partial charge in [-0.05, 0) is 31.9 Å². The molecule has 3 aromatic rings. The predicted octanol–water partition coefficient (Wildman–Crippen LogP) is 3.20. The molecule has 4 rings (SSSR count). The van der Waals surface area contributed by atoms with E-state index in [0.29, 0.717) is 10.3 Å². The summed E-state index contributed by atoms with van der Waals surface area (Å²) in [4.78, 5) is 21.3. The number of pyridine rings is 2. The number of sulfone groups is 1. The topological polar surface area (TPSA) is 98.9 Å². The SMILES string of the molecule is CCn1c(C(F)(F)F)cc2nc(-c3ncc(NC4CC4)cc3S(=O)(=O)CC)n(C)c2c1=O. The van der Waals surface area contributed by atoms with Gasteiger partial charge in [0.05, 0.1) is 28.0 Å². The van der Waals surface area contributed by atoms with Crippen molar-refractivity contribution in [2.75, 3.05) is 11.1 Å². The van der Waals surface area contributed by atoms with E-state index in [1.54, 1.807) is 0 Å². The summed E-state index contributed by atoms with van der Waals surface area (Å²) in [6, 6.07) is 2.54. The quantitative estimate of drug-likeness (QED) is 0.595. The fourth-order valence-electron chi connectivity index (χ4n) is 3.63. The van der Waals surface area contributed by atoms with E-state index in [-0.39, 0.29) is 45.8 Å². The van der Waals surface area contributed by atoms with Crippen LogP contribution in [0.3, 0.4) is 0 Å². The van der Waals surface area contributed by atoms with Crippen LogP contribution >= 0.6 is 0 Å². The molecule has 8 nitrogen and oxygen atoms in total. The second-order valence-electron chi connectivity index (χ2n) is 7.70. The molecule has 0 spiro atoms. The average molecular weight is 469 g/mol. The molecule has 0 aliphatic heterocycles. The fraction of sp³-hybridized carbons (Fsp3) is 0.450. The van der Waals surface area contributed by atoms with Crippen LogP contribution in [0.1, 0.15) is 32.4 Å². The van der Waals surface area contributed by atoms with Crippen LogP contribution in [0.25, 0.3) is 22.6 Å². The van der Waals surface area contributed by atoms with Crippen LogP contribution in [0.15, 0.2) is 28.0 Å². The molecule has 0 amide bonds. The van der Waals surface area contributed by atoms with Gasteiger partial charge < -0.3 is 14.5 Å². The van der Waals surface area contributed by atoms with Crippen LogP contribution in [-0.2, 0) is 29.6 Å². The number of alkyl halides is 3. The minimum absolute atomic E-state index is 0.00377. The van der Waals surface area contributed by atoms with Crippen molar-refractivity contribution in [3.8, 4) is 11.5 Å². The molecule has 0 saturated heterocycles. The Bertz CT molecular complexity index is 1370. The molecular formula is C20H22F3N5O3S. The number of aryl methyl sites for hydroxylation is 1. The van der Waals surface area contributed by atoms with Crippen LogP contribution in [0.2, 0.25) is 0 Å². The van der Waals surface area contributed by atoms with Crippen molar-refractivity contribution < 1.29 is 21.6 Å². The Balaban J connectivity index is 1.98. The second kappa shape index (κ2) is 7.61. The maximum absolute atomic E-state index is 13.5. The summed E-state index contributed by atoms with van der Waals surface area (Å²) < 4.78 is 68.1. The summed E-state index contributed by atoms with van der Waals surface area (Å²) in [5, 5.41) is 3.19. The summed E-state index contributed by atoms with van der Waals surface area (Å²) >= 11 is 0. The summed E-state index contributed by atoms with van der Waals surface area (Å²) in [5.41, 5.74) is -1.67. The number of hydrogen-bond acceptors (Lipinski definition) is 6. The maximum Gasteiger partial charge on any atom is 0.431 e. The van der Waals surface area contributed by atoms with Crippen molar-refractivity contribution in [2.24, 2.45) is 7.05 Å². The number of rotatable bonds is 6. The van der Waals surface area contributed by atoms with E-state index in [1.807, 2.05) is 0 Å². The Morgan fingerprint density at radius 3 is 2.47 bits per heavy atom. The van der Waals surface area contributed by atoms with Crippen molar-refractivity contribution in [3.05, 3.63) is 34.4 Å². The lowest BCUT2D eigenvalue weighted by Gasteiger charge is -2.14. The summed E-state index contributed by atoms with van der Waals surface area (Å²) in [6.45, 7) is 2.75. The maximum atomic E-state index is 13.5. The lowest BCUT2D eigenvalue weighted by Crippen LogP contribution is -2.28. The van der Waals surface area contributed by atoms with Crippen molar-refractivity contribution in [3.63, 3.8) is 0 Å². The van der Waals surface area contributed by atoms with Gasteiger partial charge in [0.2, 0.25) is 0 Å². The first-order chi connectivity index (χ1) is 15.0. The van der Waals surface area contributed by atoms with Gasteiger partial charge in [-0.25, -0.2) is 18.4 Å². The standard InChI is InChI=1S/C20H22F3N5O3S/c1-4-28-15(20(21,22)23)9-13-17(19(28)29)27(3)18(26-13)16-14(32(30,31)5-2)8-12(10-24-16)25-11-6-7-11/h8-11,25H,4-7H2,1-3H3. The molecule has 1 saturated carbocycles. The summed E-state index contributed by atoms with van der Waals surface area (Å²) in [7, 11) is -2.28. The molecule has 0 radical (unpaired) electrons. The summed E-state index contributed by atoms with van der Waals surface area (Å²) in [5.74, 6) is -0.191. The number of aromatic nitrogens is 4. The van der Waals surface area contributed by atoms with E-state index in [4.69, 9.17) is 0 Å². The molecule has 0 bridgehead atoms. The molecule has 1 N–H and O–H groups in total. The van der Waals surface area contributed by atoms with E-state index >= 15 is 0 Å². The lowest BCUT2D eigenvalue weighted by atomic mass is 10.3. The highest BCUT2D eigenvalue weighted by atomic mass is 32.2. The van der Waals surface area contributed by atoms with Gasteiger partial charge >= 0.3 is 6.18 Å². The molecular weight excluding hydrogens is 447 g/mol. The third-order valence-electron chi connectivity index (χ3n) is 5.47. The Kier molecular flexibility index (Phi) is 5.30. The second-order valence-corrected chi connectivity index (χ2v) is 9.94. The highest BCUT2D eigenvalue weighted by molar-refractivity contribution is 7.91. The van der Waals surface area contributed by atoms with E-state index in [2.05, 4.69) is 15.3 Å². The summed E-state index contributed by atoms with van der Waals surface area (Å²) in [6.07, 6.45) is -1.32. The highest BCUT2D eigenvalue weighted by Gasteiger charge is 2.36. The van der Waals surface area contributed by atoms with Crippen LogP contribution in [0.5, 0.6) is 0 Å². The monoisotopic (exact) mass is 469 g/mol. The Labute approximate surface area is 182 Å². The molecule has 12 heteroatoms. The average Bonchev–Trinajstić information content (AvgIpc) is 3.48. The Morgan fingerprint density at radius 1 is 1.22 bits per heavy atom. The zero-order valence-electron chi connectivity index (χ0n) is 17.7. The minimum Gasteiger partial charge on any atom is -0.381 e. The van der Waals surface area contributed by atoms with Gasteiger partial charge in [-0.1, -0.05) is 6.92 Å². The number of nitrogens with zero attached hydrogens (tertiary/aromatic N) is 4. The first-order valence-corrected chi connectivity index (χ1v) is 11.8. The molecule has 1 aliphatic rings. The van der Waals surface area contributed by atoms with E-state index in [9.17, 15) is 26.4 Å². The predicted molar refractivity (Wildman–Crippen MR) is 113 cm³/mol.